The molecule has 1 aliphatic carbocycles. The molecule has 1 saturated carbocycles. The minimum atomic E-state index is -0.121. The third kappa shape index (κ3) is 4.99. The summed E-state index contributed by atoms with van der Waals surface area (Å²) in [5.41, 5.74) is 9.42. The maximum absolute atomic E-state index is 12.5. The number of para-hydroxylation sites is 2. The molecular weight excluding hydrogens is 358 g/mol. The zero-order chi connectivity index (χ0) is 20.4. The highest BCUT2D eigenvalue weighted by Gasteiger charge is 2.37. The first-order chi connectivity index (χ1) is 13.9. The van der Waals surface area contributed by atoms with Crippen molar-refractivity contribution in [1.82, 2.24) is 4.90 Å². The topological polar surface area (TPSA) is 58.4 Å². The summed E-state index contributed by atoms with van der Waals surface area (Å²) in [6, 6.07) is 15.4. The Morgan fingerprint density at radius 1 is 1.07 bits per heavy atom. The van der Waals surface area contributed by atoms with Crippen molar-refractivity contribution in [2.75, 3.05) is 24.1 Å². The largest absolute Gasteiger partial charge is 0.397 e. The quantitative estimate of drug-likeness (QED) is 0.684. The van der Waals surface area contributed by atoms with Crippen molar-refractivity contribution in [3.63, 3.8) is 0 Å². The molecule has 4 nitrogen and oxygen atoms in total. The molecule has 0 spiro atoms. The molecule has 2 aromatic rings. The van der Waals surface area contributed by atoms with Gasteiger partial charge in [-0.3, -0.25) is 9.69 Å². The molecule has 1 unspecified atom stereocenters. The van der Waals surface area contributed by atoms with Crippen molar-refractivity contribution in [3.8, 4) is 0 Å². The van der Waals surface area contributed by atoms with Crippen LogP contribution in [0.25, 0.3) is 0 Å². The monoisotopic (exact) mass is 391 g/mol. The van der Waals surface area contributed by atoms with E-state index in [2.05, 4.69) is 36.2 Å². The van der Waals surface area contributed by atoms with E-state index in [4.69, 9.17) is 5.73 Å². The predicted molar refractivity (Wildman–Crippen MR) is 120 cm³/mol. The van der Waals surface area contributed by atoms with Crippen molar-refractivity contribution in [2.24, 2.45) is 11.8 Å². The van der Waals surface area contributed by atoms with Gasteiger partial charge in [0.05, 0.1) is 11.4 Å². The van der Waals surface area contributed by atoms with Crippen LogP contribution in [-0.4, -0.2) is 29.4 Å². The Labute approximate surface area is 174 Å². The van der Waals surface area contributed by atoms with Gasteiger partial charge in [-0.15, -0.1) is 0 Å². The lowest BCUT2D eigenvalue weighted by atomic mass is 9.79. The van der Waals surface area contributed by atoms with E-state index in [0.29, 0.717) is 28.4 Å². The Morgan fingerprint density at radius 2 is 1.79 bits per heavy atom. The van der Waals surface area contributed by atoms with Crippen LogP contribution >= 0.6 is 0 Å². The smallest absolute Gasteiger partial charge is 0.255 e. The highest BCUT2D eigenvalue weighted by molar-refractivity contribution is 6.05. The fourth-order valence-corrected chi connectivity index (χ4v) is 4.63. The van der Waals surface area contributed by atoms with E-state index in [1.165, 1.54) is 44.3 Å². The van der Waals surface area contributed by atoms with Crippen molar-refractivity contribution in [3.05, 3.63) is 59.7 Å². The summed E-state index contributed by atoms with van der Waals surface area (Å²) in [5, 5.41) is 2.89. The Bertz CT molecular complexity index is 855. The average Bonchev–Trinajstić information content (AvgIpc) is 3.50. The lowest BCUT2D eigenvalue weighted by Gasteiger charge is -2.46. The number of hydrogen-bond donors (Lipinski definition) is 2. The van der Waals surface area contributed by atoms with E-state index >= 15 is 0 Å². The number of likely N-dealkylation sites (tertiary alicyclic amines) is 1. The molecule has 4 heteroatoms. The van der Waals surface area contributed by atoms with E-state index in [1.54, 1.807) is 6.07 Å². The first kappa shape index (κ1) is 20.0. The van der Waals surface area contributed by atoms with E-state index in [-0.39, 0.29) is 5.91 Å². The van der Waals surface area contributed by atoms with Crippen LogP contribution in [0.5, 0.6) is 0 Å². The van der Waals surface area contributed by atoms with Gasteiger partial charge in [0, 0.05) is 17.6 Å². The lowest BCUT2D eigenvalue weighted by molar-refractivity contribution is 0.0426. The van der Waals surface area contributed by atoms with Gasteiger partial charge in [0.15, 0.2) is 0 Å². The molecule has 154 valence electrons. The van der Waals surface area contributed by atoms with Crippen LogP contribution in [-0.2, 0) is 6.42 Å². The summed E-state index contributed by atoms with van der Waals surface area (Å²) in [6.07, 6.45) is 6.45. The molecule has 1 aliphatic heterocycles. The summed E-state index contributed by atoms with van der Waals surface area (Å²) in [7, 11) is 0. The highest BCUT2D eigenvalue weighted by atomic mass is 16.1. The summed E-state index contributed by atoms with van der Waals surface area (Å²) in [5.74, 6) is 1.55. The maximum atomic E-state index is 12.5. The molecule has 0 bridgehead atoms. The average molecular weight is 392 g/mol. The maximum Gasteiger partial charge on any atom is 0.255 e. The second-order valence-electron chi connectivity index (χ2n) is 9.50. The van der Waals surface area contributed by atoms with Gasteiger partial charge >= 0.3 is 0 Å². The molecule has 4 rings (SSSR count). The molecule has 2 fully saturated rings. The van der Waals surface area contributed by atoms with Crippen LogP contribution in [0.15, 0.2) is 48.5 Å². The van der Waals surface area contributed by atoms with Crippen molar-refractivity contribution in [2.45, 2.75) is 51.5 Å². The van der Waals surface area contributed by atoms with Crippen molar-refractivity contribution in [1.29, 1.82) is 0 Å². The first-order valence-corrected chi connectivity index (χ1v) is 10.9. The first-order valence-electron chi connectivity index (χ1n) is 10.9. The summed E-state index contributed by atoms with van der Waals surface area (Å²) >= 11 is 0. The van der Waals surface area contributed by atoms with E-state index in [9.17, 15) is 4.79 Å². The molecule has 29 heavy (non-hydrogen) atoms. The molecule has 1 atom stereocenters. The van der Waals surface area contributed by atoms with Gasteiger partial charge < -0.3 is 11.1 Å². The van der Waals surface area contributed by atoms with Crippen LogP contribution in [0.2, 0.25) is 0 Å². The normalized spacial score (nSPS) is 21.7. The number of anilines is 2. The zero-order valence-corrected chi connectivity index (χ0v) is 17.7. The van der Waals surface area contributed by atoms with Gasteiger partial charge in [-0.05, 0) is 94.2 Å². The number of nitrogen functional groups attached to an aromatic ring is 1. The number of carbonyl (C=O) groups is 1. The number of hydrogen-bond acceptors (Lipinski definition) is 3. The molecular formula is C25H33N3O. The number of nitrogens with zero attached hydrogens (tertiary/aromatic N) is 1. The molecule has 2 aromatic carbocycles. The molecule has 0 radical (unpaired) electrons. The van der Waals surface area contributed by atoms with Gasteiger partial charge in [0.2, 0.25) is 0 Å². The van der Waals surface area contributed by atoms with Crippen LogP contribution < -0.4 is 11.1 Å². The van der Waals surface area contributed by atoms with Crippen LogP contribution in [0.3, 0.4) is 0 Å². The summed E-state index contributed by atoms with van der Waals surface area (Å²) in [6.45, 7) is 7.32. The van der Waals surface area contributed by atoms with Gasteiger partial charge in [0.1, 0.15) is 0 Å². The second-order valence-corrected chi connectivity index (χ2v) is 9.50. The molecule has 3 N–H and O–H groups in total. The van der Waals surface area contributed by atoms with Crippen LogP contribution in [0.4, 0.5) is 11.4 Å². The lowest BCUT2D eigenvalue weighted by Crippen LogP contribution is -2.51. The number of amides is 1. The van der Waals surface area contributed by atoms with Crippen molar-refractivity contribution < 1.29 is 4.79 Å². The van der Waals surface area contributed by atoms with Gasteiger partial charge in [-0.2, -0.15) is 0 Å². The Balaban J connectivity index is 1.33. The number of nitrogens with one attached hydrogen (secondary N) is 1. The fraction of sp³-hybridized carbons (Fsp3) is 0.480. The van der Waals surface area contributed by atoms with Crippen LogP contribution in [0, 0.1) is 11.8 Å². The Morgan fingerprint density at radius 3 is 2.45 bits per heavy atom. The predicted octanol–water partition coefficient (Wildman–Crippen LogP) is 4.96. The highest BCUT2D eigenvalue weighted by Crippen LogP contribution is 2.38. The third-order valence-corrected chi connectivity index (χ3v) is 6.58. The molecule has 1 amide bonds. The molecule has 1 saturated heterocycles. The molecule has 0 aromatic heterocycles. The number of nitrogens with two attached hydrogens (primary N) is 1. The Hall–Kier alpha value is -2.33. The zero-order valence-electron chi connectivity index (χ0n) is 17.7. The van der Waals surface area contributed by atoms with Crippen LogP contribution in [0.1, 0.15) is 55.5 Å². The minimum absolute atomic E-state index is 0.121. The number of carbonyl (C=O) groups excluding carboxylic acids is 1. The van der Waals surface area contributed by atoms with Gasteiger partial charge in [-0.1, -0.05) is 24.3 Å². The van der Waals surface area contributed by atoms with E-state index in [0.717, 1.165) is 12.3 Å². The van der Waals surface area contributed by atoms with Crippen molar-refractivity contribution >= 4 is 17.3 Å². The number of rotatable bonds is 6. The van der Waals surface area contributed by atoms with E-state index in [1.807, 2.05) is 30.3 Å². The second kappa shape index (κ2) is 8.19. The minimum Gasteiger partial charge on any atom is -0.397 e. The standard InChI is InChI=1S/C25H33N3O/c1-25(2)16-20(13-14-28(25)17-19-7-8-19)15-18-9-11-21(12-10-18)24(29)27-23-6-4-3-5-22(23)26/h3-6,9-12,19-20H,7-8,13-17,26H2,1-2H3,(H,27,29). The third-order valence-electron chi connectivity index (χ3n) is 6.58. The van der Waals surface area contributed by atoms with Gasteiger partial charge in [-0.25, -0.2) is 0 Å². The number of benzene rings is 2. The van der Waals surface area contributed by atoms with E-state index < -0.39 is 0 Å². The fourth-order valence-electron chi connectivity index (χ4n) is 4.63. The summed E-state index contributed by atoms with van der Waals surface area (Å²) < 4.78 is 0. The summed E-state index contributed by atoms with van der Waals surface area (Å²) in [4.78, 5) is 15.2. The number of piperidine rings is 1. The molecule has 1 heterocycles. The SMILES string of the molecule is CC1(C)CC(Cc2ccc(C(=O)Nc3ccccc3N)cc2)CCN1CC1CC1. The molecule has 2 aliphatic rings. The Kier molecular flexibility index (Phi) is 5.64. The van der Waals surface area contributed by atoms with Gasteiger partial charge in [0.25, 0.3) is 5.91 Å².